The largest absolute Gasteiger partial charge is 0.361 e. The third-order valence-corrected chi connectivity index (χ3v) is 4.97. The summed E-state index contributed by atoms with van der Waals surface area (Å²) in [6, 6.07) is 17.3. The van der Waals surface area contributed by atoms with E-state index in [2.05, 4.69) is 70.4 Å². The minimum absolute atomic E-state index is 0.628. The molecule has 0 aliphatic heterocycles. The molecule has 5 rings (SSSR count). The molecular weight excluding hydrogens is 306 g/mol. The number of aromatic amines is 1. The van der Waals surface area contributed by atoms with Gasteiger partial charge in [-0.25, -0.2) is 4.98 Å². The van der Waals surface area contributed by atoms with Crippen molar-refractivity contribution in [3.63, 3.8) is 0 Å². The quantitative estimate of drug-likeness (QED) is 0.504. The van der Waals surface area contributed by atoms with E-state index >= 15 is 0 Å². The van der Waals surface area contributed by atoms with Gasteiger partial charge < -0.3 is 10.3 Å². The minimum Gasteiger partial charge on any atom is -0.361 e. The smallest absolute Gasteiger partial charge is 0.130 e. The van der Waals surface area contributed by atoms with E-state index in [1.165, 1.54) is 34.7 Å². The lowest BCUT2D eigenvalue weighted by molar-refractivity contribution is 1.01. The molecule has 25 heavy (non-hydrogen) atoms. The second-order valence-electron chi connectivity index (χ2n) is 6.84. The number of aromatic nitrogens is 2. The van der Waals surface area contributed by atoms with Crippen LogP contribution in [0.5, 0.6) is 0 Å². The molecule has 1 aliphatic carbocycles. The van der Waals surface area contributed by atoms with Crippen molar-refractivity contribution in [2.45, 2.75) is 12.8 Å². The average Bonchev–Trinajstić information content (AvgIpc) is 3.39. The molecule has 2 aromatic carbocycles. The lowest BCUT2D eigenvalue weighted by Gasteiger charge is -2.09. The van der Waals surface area contributed by atoms with Crippen LogP contribution in [0.25, 0.3) is 32.8 Å². The van der Waals surface area contributed by atoms with Gasteiger partial charge in [-0.15, -0.1) is 0 Å². The van der Waals surface area contributed by atoms with Crippen LogP contribution in [0.4, 0.5) is 5.82 Å². The van der Waals surface area contributed by atoms with Gasteiger partial charge in [-0.05, 0) is 71.0 Å². The van der Waals surface area contributed by atoms with Crippen molar-refractivity contribution in [2.24, 2.45) is 5.92 Å². The lowest BCUT2D eigenvalue weighted by Crippen LogP contribution is -2.01. The van der Waals surface area contributed by atoms with E-state index < -0.39 is 0 Å². The van der Waals surface area contributed by atoms with Crippen molar-refractivity contribution in [1.82, 2.24) is 9.97 Å². The third kappa shape index (κ3) is 2.68. The fraction of sp³-hybridized carbons (Fsp3) is 0.136. The van der Waals surface area contributed by atoms with E-state index in [0.717, 1.165) is 22.4 Å². The minimum atomic E-state index is 0.628. The molecule has 0 bridgehead atoms. The Balaban J connectivity index is 1.49. The number of hydrogen-bond donors (Lipinski definition) is 2. The first-order valence-corrected chi connectivity index (χ1v) is 8.69. The van der Waals surface area contributed by atoms with Gasteiger partial charge in [-0.3, -0.25) is 0 Å². The number of hydrogen-bond acceptors (Lipinski definition) is 2. The van der Waals surface area contributed by atoms with Crippen LogP contribution in [0.3, 0.4) is 0 Å². The van der Waals surface area contributed by atoms with Crippen LogP contribution in [0, 0.1) is 5.92 Å². The Hall–Kier alpha value is -3.07. The monoisotopic (exact) mass is 325 g/mol. The van der Waals surface area contributed by atoms with E-state index in [1.807, 2.05) is 12.4 Å². The summed E-state index contributed by atoms with van der Waals surface area (Å²) in [6.45, 7) is 4.11. The molecule has 1 saturated carbocycles. The van der Waals surface area contributed by atoms with Crippen LogP contribution in [-0.2, 0) is 0 Å². The molecule has 1 fully saturated rings. The summed E-state index contributed by atoms with van der Waals surface area (Å²) in [5.41, 5.74) is 4.68. The molecule has 1 aliphatic rings. The number of pyridine rings is 1. The summed E-state index contributed by atoms with van der Waals surface area (Å²) < 4.78 is 0. The molecule has 2 aromatic heterocycles. The zero-order chi connectivity index (χ0) is 16.8. The van der Waals surface area contributed by atoms with E-state index in [-0.39, 0.29) is 0 Å². The Morgan fingerprint density at radius 3 is 2.60 bits per heavy atom. The number of rotatable bonds is 4. The lowest BCUT2D eigenvalue weighted by atomic mass is 10.0. The van der Waals surface area contributed by atoms with Crippen molar-refractivity contribution in [2.75, 3.05) is 5.32 Å². The summed E-state index contributed by atoms with van der Waals surface area (Å²) in [7, 11) is 0. The number of fused-ring (bicyclic) bond motifs is 2. The summed E-state index contributed by atoms with van der Waals surface area (Å²) in [4.78, 5) is 7.79. The summed E-state index contributed by atoms with van der Waals surface area (Å²) in [5.74, 6) is 1.51. The van der Waals surface area contributed by atoms with Gasteiger partial charge in [0.1, 0.15) is 5.82 Å². The molecule has 3 nitrogen and oxygen atoms in total. The van der Waals surface area contributed by atoms with Crippen LogP contribution >= 0.6 is 0 Å². The molecule has 0 amide bonds. The van der Waals surface area contributed by atoms with Crippen LogP contribution in [0.1, 0.15) is 12.8 Å². The van der Waals surface area contributed by atoms with Gasteiger partial charge in [0.05, 0.1) is 0 Å². The Labute approximate surface area is 146 Å². The number of H-pyrrole nitrogens is 1. The normalized spacial score (nSPS) is 14.1. The third-order valence-electron chi connectivity index (χ3n) is 4.97. The molecule has 0 atom stereocenters. The second-order valence-corrected chi connectivity index (χ2v) is 6.84. The zero-order valence-corrected chi connectivity index (χ0v) is 13.9. The SMILES string of the molecule is C=C(Nc1cc2ccc(-c3ccc4[nH]ccc4c3)cc2cn1)C1CC1. The molecule has 2 N–H and O–H groups in total. The maximum absolute atomic E-state index is 4.56. The van der Waals surface area contributed by atoms with Crippen molar-refractivity contribution in [3.05, 3.63) is 73.2 Å². The fourth-order valence-electron chi connectivity index (χ4n) is 3.32. The summed E-state index contributed by atoms with van der Waals surface area (Å²) in [6.07, 6.45) is 6.40. The van der Waals surface area contributed by atoms with E-state index in [1.54, 1.807) is 0 Å². The van der Waals surface area contributed by atoms with Crippen molar-refractivity contribution >= 4 is 27.5 Å². The molecule has 0 saturated heterocycles. The molecular formula is C22H19N3. The van der Waals surface area contributed by atoms with E-state index in [0.29, 0.717) is 5.92 Å². The molecule has 4 aromatic rings. The fourth-order valence-corrected chi connectivity index (χ4v) is 3.32. The molecule has 0 radical (unpaired) electrons. The Kier molecular flexibility index (Phi) is 3.14. The first-order valence-electron chi connectivity index (χ1n) is 8.69. The van der Waals surface area contributed by atoms with Gasteiger partial charge in [0.2, 0.25) is 0 Å². The van der Waals surface area contributed by atoms with Crippen LogP contribution in [-0.4, -0.2) is 9.97 Å². The van der Waals surface area contributed by atoms with E-state index in [4.69, 9.17) is 0 Å². The van der Waals surface area contributed by atoms with Gasteiger partial charge in [0.25, 0.3) is 0 Å². The number of benzene rings is 2. The van der Waals surface area contributed by atoms with Crippen molar-refractivity contribution in [1.29, 1.82) is 0 Å². The van der Waals surface area contributed by atoms with Crippen molar-refractivity contribution < 1.29 is 0 Å². The number of anilines is 1. The van der Waals surface area contributed by atoms with Crippen LogP contribution < -0.4 is 5.32 Å². The molecule has 3 heteroatoms. The van der Waals surface area contributed by atoms with Gasteiger partial charge in [-0.1, -0.05) is 24.8 Å². The number of allylic oxidation sites excluding steroid dienone is 1. The molecule has 0 unspecified atom stereocenters. The van der Waals surface area contributed by atoms with Crippen LogP contribution in [0.15, 0.2) is 73.2 Å². The van der Waals surface area contributed by atoms with Gasteiger partial charge in [0, 0.05) is 29.0 Å². The molecule has 122 valence electrons. The van der Waals surface area contributed by atoms with Crippen LogP contribution in [0.2, 0.25) is 0 Å². The number of nitrogens with zero attached hydrogens (tertiary/aromatic N) is 1. The highest BCUT2D eigenvalue weighted by Crippen LogP contribution is 2.36. The van der Waals surface area contributed by atoms with Gasteiger partial charge in [0.15, 0.2) is 0 Å². The summed E-state index contributed by atoms with van der Waals surface area (Å²) in [5, 5.41) is 6.92. The predicted octanol–water partition coefficient (Wildman–Crippen LogP) is 5.72. The predicted molar refractivity (Wildman–Crippen MR) is 105 cm³/mol. The van der Waals surface area contributed by atoms with Gasteiger partial charge in [-0.2, -0.15) is 0 Å². The highest BCUT2D eigenvalue weighted by Gasteiger charge is 2.24. The Morgan fingerprint density at radius 1 is 0.960 bits per heavy atom. The maximum atomic E-state index is 4.56. The first-order chi connectivity index (χ1) is 12.3. The zero-order valence-electron chi connectivity index (χ0n) is 13.9. The molecule has 0 spiro atoms. The van der Waals surface area contributed by atoms with E-state index in [9.17, 15) is 0 Å². The van der Waals surface area contributed by atoms with Gasteiger partial charge >= 0.3 is 0 Å². The first kappa shape index (κ1) is 14.3. The highest BCUT2D eigenvalue weighted by molar-refractivity contribution is 5.91. The second kappa shape index (κ2) is 5.49. The maximum Gasteiger partial charge on any atom is 0.130 e. The van der Waals surface area contributed by atoms with Crippen molar-refractivity contribution in [3.8, 4) is 11.1 Å². The Morgan fingerprint density at radius 2 is 1.76 bits per heavy atom. The topological polar surface area (TPSA) is 40.7 Å². The average molecular weight is 325 g/mol. The highest BCUT2D eigenvalue weighted by atomic mass is 15.0. The summed E-state index contributed by atoms with van der Waals surface area (Å²) >= 11 is 0. The number of nitrogens with one attached hydrogen (secondary N) is 2. The Bertz CT molecular complexity index is 1100. The molecule has 2 heterocycles. The standard InChI is InChI=1S/C22H19N3/c1-14(15-2-3-15)25-22-12-18-5-4-16(11-20(18)13-24-22)17-6-7-21-19(10-17)8-9-23-21/h4-13,15,23H,1-3H2,(H,24,25).